The Bertz CT molecular complexity index is 646. The molecule has 0 aromatic carbocycles. The summed E-state index contributed by atoms with van der Waals surface area (Å²) in [6.45, 7) is 6.85. The topological polar surface area (TPSA) is 75.4 Å². The number of aliphatic carboxylic acids is 1. The van der Waals surface area contributed by atoms with Crippen LogP contribution in [-0.2, 0) is 10.3 Å². The van der Waals surface area contributed by atoms with Crippen LogP contribution in [-0.4, -0.2) is 55.8 Å². The van der Waals surface area contributed by atoms with E-state index in [1.165, 1.54) is 0 Å². The maximum absolute atomic E-state index is 13.0. The van der Waals surface area contributed by atoms with Crippen LogP contribution in [0.25, 0.3) is 0 Å². The molecule has 2 heterocycles. The van der Waals surface area contributed by atoms with Crippen molar-refractivity contribution < 1.29 is 14.7 Å². The molecule has 1 aliphatic heterocycles. The highest BCUT2D eigenvalue weighted by atomic mass is 32.2. The van der Waals surface area contributed by atoms with Gasteiger partial charge in [-0.2, -0.15) is 16.9 Å². The second-order valence-corrected chi connectivity index (χ2v) is 8.79. The fourth-order valence-corrected chi connectivity index (χ4v) is 4.21. The Morgan fingerprint density at radius 1 is 1.38 bits per heavy atom. The van der Waals surface area contributed by atoms with Gasteiger partial charge in [0.2, 0.25) is 0 Å². The largest absolute Gasteiger partial charge is 0.481 e. The van der Waals surface area contributed by atoms with E-state index in [0.717, 1.165) is 24.3 Å². The van der Waals surface area contributed by atoms with Crippen molar-refractivity contribution in [2.45, 2.75) is 57.5 Å². The molecule has 7 heteroatoms. The van der Waals surface area contributed by atoms with Crippen LogP contribution in [0.3, 0.4) is 0 Å². The third-order valence-electron chi connectivity index (χ3n) is 4.49. The molecule has 1 aromatic rings. The summed E-state index contributed by atoms with van der Waals surface area (Å²) in [6, 6.07) is 1.67. The number of carboxylic acid groups (broad SMARTS) is 1. The molecular formula is C17H25N3O3S. The molecule has 3 rings (SSSR count). The highest BCUT2D eigenvalue weighted by Gasteiger charge is 2.35. The van der Waals surface area contributed by atoms with Crippen molar-refractivity contribution in [1.82, 2.24) is 14.7 Å². The minimum absolute atomic E-state index is 0.00575. The van der Waals surface area contributed by atoms with E-state index in [0.29, 0.717) is 23.9 Å². The Morgan fingerprint density at radius 2 is 2.08 bits per heavy atom. The molecule has 0 radical (unpaired) electrons. The fourth-order valence-electron chi connectivity index (χ4n) is 3.15. The molecule has 132 valence electrons. The van der Waals surface area contributed by atoms with E-state index in [1.807, 2.05) is 10.7 Å². The number of hydrogen-bond donors (Lipinski definition) is 1. The second-order valence-electron chi connectivity index (χ2n) is 7.64. The lowest BCUT2D eigenvalue weighted by Gasteiger charge is -2.34. The van der Waals surface area contributed by atoms with Crippen LogP contribution in [0, 0.1) is 0 Å². The SMILES string of the molecule is CC(C)(C)n1nc(C(=O)N2CCSCC2CC(=O)O)cc1C1CC1. The quantitative estimate of drug-likeness (QED) is 0.902. The summed E-state index contributed by atoms with van der Waals surface area (Å²) in [5, 5.41) is 13.7. The van der Waals surface area contributed by atoms with Crippen molar-refractivity contribution in [2.75, 3.05) is 18.1 Å². The molecule has 1 unspecified atom stereocenters. The highest BCUT2D eigenvalue weighted by molar-refractivity contribution is 7.99. The van der Waals surface area contributed by atoms with E-state index in [4.69, 9.17) is 5.11 Å². The molecule has 1 aromatic heterocycles. The van der Waals surface area contributed by atoms with Gasteiger partial charge in [-0.1, -0.05) is 0 Å². The maximum Gasteiger partial charge on any atom is 0.305 e. The van der Waals surface area contributed by atoms with Crippen LogP contribution >= 0.6 is 11.8 Å². The van der Waals surface area contributed by atoms with Gasteiger partial charge in [-0.3, -0.25) is 14.3 Å². The average Bonchev–Trinajstić information content (AvgIpc) is 3.23. The summed E-state index contributed by atoms with van der Waals surface area (Å²) in [5.41, 5.74) is 1.41. The Hall–Kier alpha value is -1.50. The summed E-state index contributed by atoms with van der Waals surface area (Å²) in [5.74, 6) is 1.03. The van der Waals surface area contributed by atoms with Gasteiger partial charge in [-0.25, -0.2) is 0 Å². The molecule has 2 aliphatic rings. The number of thioether (sulfide) groups is 1. The molecule has 2 fully saturated rings. The average molecular weight is 351 g/mol. The van der Waals surface area contributed by atoms with Crippen molar-refractivity contribution in [3.05, 3.63) is 17.5 Å². The number of amides is 1. The minimum atomic E-state index is -0.862. The van der Waals surface area contributed by atoms with Crippen LogP contribution in [0.2, 0.25) is 0 Å². The lowest BCUT2D eigenvalue weighted by atomic mass is 10.1. The molecule has 1 amide bonds. The summed E-state index contributed by atoms with van der Waals surface area (Å²) >= 11 is 1.71. The fraction of sp³-hybridized carbons (Fsp3) is 0.706. The molecule has 1 aliphatic carbocycles. The molecule has 1 N–H and O–H groups in total. The van der Waals surface area contributed by atoms with Crippen LogP contribution in [0.15, 0.2) is 6.07 Å². The molecule has 24 heavy (non-hydrogen) atoms. The van der Waals surface area contributed by atoms with E-state index in [-0.39, 0.29) is 23.9 Å². The van der Waals surface area contributed by atoms with Gasteiger partial charge in [0.05, 0.1) is 18.0 Å². The monoisotopic (exact) mass is 351 g/mol. The van der Waals surface area contributed by atoms with Crippen LogP contribution in [0.4, 0.5) is 0 Å². The van der Waals surface area contributed by atoms with Crippen molar-refractivity contribution >= 4 is 23.6 Å². The van der Waals surface area contributed by atoms with E-state index in [2.05, 4.69) is 25.9 Å². The number of aromatic nitrogens is 2. The van der Waals surface area contributed by atoms with Crippen LogP contribution in [0.1, 0.15) is 62.1 Å². The van der Waals surface area contributed by atoms with Gasteiger partial charge < -0.3 is 10.0 Å². The highest BCUT2D eigenvalue weighted by Crippen LogP contribution is 2.42. The number of hydrogen-bond acceptors (Lipinski definition) is 4. The molecular weight excluding hydrogens is 326 g/mol. The molecule has 1 saturated carbocycles. The predicted molar refractivity (Wildman–Crippen MR) is 93.6 cm³/mol. The molecule has 1 saturated heterocycles. The second kappa shape index (κ2) is 6.43. The van der Waals surface area contributed by atoms with E-state index < -0.39 is 5.97 Å². The summed E-state index contributed by atoms with van der Waals surface area (Å²) in [7, 11) is 0. The van der Waals surface area contributed by atoms with Crippen molar-refractivity contribution in [3.8, 4) is 0 Å². The van der Waals surface area contributed by atoms with Crippen LogP contribution < -0.4 is 0 Å². The van der Waals surface area contributed by atoms with Crippen molar-refractivity contribution in [1.29, 1.82) is 0 Å². The molecule has 0 spiro atoms. The van der Waals surface area contributed by atoms with Gasteiger partial charge >= 0.3 is 5.97 Å². The van der Waals surface area contributed by atoms with Gasteiger partial charge in [0.15, 0.2) is 5.69 Å². The Balaban J connectivity index is 1.87. The van der Waals surface area contributed by atoms with Gasteiger partial charge in [-0.05, 0) is 39.7 Å². The van der Waals surface area contributed by atoms with Gasteiger partial charge in [0, 0.05) is 29.7 Å². The standard InChI is InChI=1S/C17H25N3O3S/c1-17(2,3)20-14(11-4-5-11)9-13(18-20)16(23)19-6-7-24-10-12(19)8-15(21)22/h9,11-12H,4-8,10H2,1-3H3,(H,21,22). The zero-order valence-electron chi connectivity index (χ0n) is 14.5. The number of nitrogens with zero attached hydrogens (tertiary/aromatic N) is 3. The smallest absolute Gasteiger partial charge is 0.305 e. The van der Waals surface area contributed by atoms with E-state index in [9.17, 15) is 9.59 Å². The predicted octanol–water partition coefficient (Wildman–Crippen LogP) is 2.55. The van der Waals surface area contributed by atoms with Gasteiger partial charge in [-0.15, -0.1) is 0 Å². The maximum atomic E-state index is 13.0. The first-order valence-electron chi connectivity index (χ1n) is 8.48. The molecule has 0 bridgehead atoms. The zero-order chi connectivity index (χ0) is 17.5. The molecule has 6 nitrogen and oxygen atoms in total. The first-order chi connectivity index (χ1) is 11.3. The number of carboxylic acids is 1. The molecule has 1 atom stereocenters. The lowest BCUT2D eigenvalue weighted by Crippen LogP contribution is -2.47. The first-order valence-corrected chi connectivity index (χ1v) is 9.64. The van der Waals surface area contributed by atoms with Crippen molar-refractivity contribution in [3.63, 3.8) is 0 Å². The van der Waals surface area contributed by atoms with E-state index >= 15 is 0 Å². The normalized spacial score (nSPS) is 21.8. The Kier molecular flexibility index (Phi) is 4.64. The summed E-state index contributed by atoms with van der Waals surface area (Å²) < 4.78 is 1.97. The zero-order valence-corrected chi connectivity index (χ0v) is 15.3. The lowest BCUT2D eigenvalue weighted by molar-refractivity contribution is -0.138. The Labute approximate surface area is 146 Å². The van der Waals surface area contributed by atoms with Crippen molar-refractivity contribution in [2.24, 2.45) is 0 Å². The number of rotatable bonds is 4. The van der Waals surface area contributed by atoms with Gasteiger partial charge in [0.25, 0.3) is 5.91 Å². The third-order valence-corrected chi connectivity index (χ3v) is 5.58. The van der Waals surface area contributed by atoms with Gasteiger partial charge in [0.1, 0.15) is 0 Å². The number of carbonyl (C=O) groups excluding carboxylic acids is 1. The van der Waals surface area contributed by atoms with Crippen LogP contribution in [0.5, 0.6) is 0 Å². The summed E-state index contributed by atoms with van der Waals surface area (Å²) in [4.78, 5) is 25.8. The Morgan fingerprint density at radius 3 is 2.67 bits per heavy atom. The third kappa shape index (κ3) is 3.61. The summed E-state index contributed by atoms with van der Waals surface area (Å²) in [6.07, 6.45) is 2.29. The first kappa shape index (κ1) is 17.3. The van der Waals surface area contributed by atoms with E-state index in [1.54, 1.807) is 16.7 Å². The number of carbonyl (C=O) groups is 2. The minimum Gasteiger partial charge on any atom is -0.481 e.